The zero-order valence-electron chi connectivity index (χ0n) is 18.0. The van der Waals surface area contributed by atoms with E-state index in [0.29, 0.717) is 19.0 Å². The highest BCUT2D eigenvalue weighted by molar-refractivity contribution is 6.07. The number of carbonyl (C=O) groups is 2. The summed E-state index contributed by atoms with van der Waals surface area (Å²) in [6.07, 6.45) is 9.82. The monoisotopic (exact) mass is 413 g/mol. The first-order chi connectivity index (χ1) is 14.4. The second kappa shape index (κ2) is 9.96. The summed E-state index contributed by atoms with van der Waals surface area (Å²) in [5.41, 5.74) is 6.39. The van der Waals surface area contributed by atoms with E-state index < -0.39 is 11.6 Å². The third-order valence-corrected chi connectivity index (χ3v) is 6.43. The maximum Gasteiger partial charge on any atom is 0.312 e. The van der Waals surface area contributed by atoms with Crippen LogP contribution in [0.5, 0.6) is 0 Å². The molecule has 0 bridgehead atoms. The number of urea groups is 1. The van der Waals surface area contributed by atoms with Crippen LogP contribution in [0.15, 0.2) is 24.3 Å². The lowest BCUT2D eigenvalue weighted by Crippen LogP contribution is -2.48. The Labute approximate surface area is 179 Å². The number of benzene rings is 1. The van der Waals surface area contributed by atoms with E-state index in [1.54, 1.807) is 4.90 Å². The van der Waals surface area contributed by atoms with Gasteiger partial charge in [-0.2, -0.15) is 0 Å². The molecule has 1 aromatic rings. The van der Waals surface area contributed by atoms with E-state index in [-0.39, 0.29) is 11.9 Å². The number of nitrogens with one attached hydrogen (secondary N) is 3. The molecular weight excluding hydrogens is 378 g/mol. The molecule has 1 unspecified atom stereocenters. The molecule has 1 heterocycles. The lowest BCUT2D eigenvalue weighted by Gasteiger charge is -2.33. The predicted molar refractivity (Wildman–Crippen MR) is 118 cm³/mol. The number of amides is 3. The van der Waals surface area contributed by atoms with Gasteiger partial charge in [-0.1, -0.05) is 76.1 Å². The molecule has 2 aliphatic rings. The lowest BCUT2D eigenvalue weighted by atomic mass is 9.77. The normalized spacial score (nSPS) is 22.2. The highest BCUT2D eigenvalue weighted by Gasteiger charge is 2.49. The van der Waals surface area contributed by atoms with Crippen molar-refractivity contribution in [1.29, 1.82) is 5.41 Å². The molecule has 1 atom stereocenters. The van der Waals surface area contributed by atoms with Crippen molar-refractivity contribution in [3.05, 3.63) is 35.4 Å². The molecular formula is C23H35N5O2. The summed E-state index contributed by atoms with van der Waals surface area (Å²) < 4.78 is 0. The first-order valence-corrected chi connectivity index (χ1v) is 11.2. The number of nitrogens with zero attached hydrogens (tertiary/aromatic N) is 1. The molecule has 164 valence electrons. The maximum absolute atomic E-state index is 13.5. The fourth-order valence-corrected chi connectivity index (χ4v) is 4.77. The molecule has 2 fully saturated rings. The van der Waals surface area contributed by atoms with Crippen LogP contribution in [0.2, 0.25) is 0 Å². The van der Waals surface area contributed by atoms with Crippen LogP contribution in [0.25, 0.3) is 0 Å². The largest absolute Gasteiger partial charge is 0.352 e. The van der Waals surface area contributed by atoms with Crippen LogP contribution in [0.4, 0.5) is 4.79 Å². The van der Waals surface area contributed by atoms with Gasteiger partial charge in [0.15, 0.2) is 5.96 Å². The van der Waals surface area contributed by atoms with Crippen molar-refractivity contribution in [2.24, 2.45) is 11.7 Å². The summed E-state index contributed by atoms with van der Waals surface area (Å²) in [6.45, 7) is 2.90. The molecule has 30 heavy (non-hydrogen) atoms. The van der Waals surface area contributed by atoms with E-state index in [2.05, 4.69) is 17.6 Å². The second-order valence-corrected chi connectivity index (χ2v) is 8.79. The number of rotatable bonds is 9. The zero-order chi connectivity index (χ0) is 21.6. The Kier molecular flexibility index (Phi) is 7.34. The van der Waals surface area contributed by atoms with Crippen LogP contribution in [-0.2, 0) is 17.9 Å². The van der Waals surface area contributed by atoms with Gasteiger partial charge in [0.2, 0.25) is 0 Å². The van der Waals surface area contributed by atoms with Gasteiger partial charge >= 0.3 is 6.03 Å². The van der Waals surface area contributed by atoms with Crippen molar-refractivity contribution >= 4 is 17.9 Å². The SMILES string of the molecule is CCCCC1(CC2CCCCC2)NC(=N)N(Cc2ccc(CNC(N)=O)cc2)C1=O. The standard InChI is InChI=1S/C23H35N5O2/c1-2-3-13-23(14-17-7-5-4-6-8-17)20(29)28(21(24)27-23)16-19-11-9-18(10-12-19)15-26-22(25)30/h9-12,17H,2-8,13-16H2,1H3,(H2,24,27)(H3,25,26,30). The third-order valence-electron chi connectivity index (χ3n) is 6.43. The van der Waals surface area contributed by atoms with Gasteiger partial charge < -0.3 is 16.4 Å². The van der Waals surface area contributed by atoms with Crippen LogP contribution >= 0.6 is 0 Å². The first kappa shape index (κ1) is 22.1. The van der Waals surface area contributed by atoms with E-state index in [1.165, 1.54) is 32.1 Å². The van der Waals surface area contributed by atoms with Gasteiger partial charge in [-0.3, -0.25) is 15.1 Å². The summed E-state index contributed by atoms with van der Waals surface area (Å²) in [6, 6.07) is 7.14. The molecule has 0 aromatic heterocycles. The summed E-state index contributed by atoms with van der Waals surface area (Å²) in [7, 11) is 0. The summed E-state index contributed by atoms with van der Waals surface area (Å²) in [4.78, 5) is 26.0. The van der Waals surface area contributed by atoms with Crippen LogP contribution in [0, 0.1) is 11.3 Å². The van der Waals surface area contributed by atoms with Crippen molar-refractivity contribution in [3.63, 3.8) is 0 Å². The molecule has 1 saturated heterocycles. The molecule has 7 nitrogen and oxygen atoms in total. The minimum atomic E-state index is -0.625. The summed E-state index contributed by atoms with van der Waals surface area (Å²) in [5.74, 6) is 0.828. The van der Waals surface area contributed by atoms with Gasteiger partial charge in [0.25, 0.3) is 5.91 Å². The van der Waals surface area contributed by atoms with Gasteiger partial charge in [0.05, 0.1) is 6.54 Å². The second-order valence-electron chi connectivity index (χ2n) is 8.79. The number of nitrogens with two attached hydrogens (primary N) is 1. The molecule has 7 heteroatoms. The molecule has 0 radical (unpaired) electrons. The van der Waals surface area contributed by atoms with Gasteiger partial charge in [0.1, 0.15) is 5.54 Å². The van der Waals surface area contributed by atoms with Crippen LogP contribution < -0.4 is 16.4 Å². The van der Waals surface area contributed by atoms with Crippen molar-refractivity contribution in [1.82, 2.24) is 15.5 Å². The minimum absolute atomic E-state index is 0.0472. The topological polar surface area (TPSA) is 111 Å². The van der Waals surface area contributed by atoms with E-state index in [4.69, 9.17) is 11.1 Å². The summed E-state index contributed by atoms with van der Waals surface area (Å²) >= 11 is 0. The van der Waals surface area contributed by atoms with Crippen molar-refractivity contribution in [2.45, 2.75) is 83.3 Å². The van der Waals surface area contributed by atoms with E-state index in [1.807, 2.05) is 24.3 Å². The summed E-state index contributed by atoms with van der Waals surface area (Å²) in [5, 5.41) is 14.4. The maximum atomic E-state index is 13.5. The Morgan fingerprint density at radius 2 is 1.90 bits per heavy atom. The molecule has 3 rings (SSSR count). The Bertz CT molecular complexity index is 757. The van der Waals surface area contributed by atoms with Gasteiger partial charge in [-0.05, 0) is 29.9 Å². The minimum Gasteiger partial charge on any atom is -0.352 e. The fraction of sp³-hybridized carbons (Fsp3) is 0.609. The number of hydrogen-bond acceptors (Lipinski definition) is 3. The smallest absolute Gasteiger partial charge is 0.312 e. The number of guanidine groups is 1. The van der Waals surface area contributed by atoms with Gasteiger partial charge in [-0.15, -0.1) is 0 Å². The Hall–Kier alpha value is -2.57. The predicted octanol–water partition coefficient (Wildman–Crippen LogP) is 3.62. The number of hydrogen-bond donors (Lipinski definition) is 4. The van der Waals surface area contributed by atoms with E-state index >= 15 is 0 Å². The molecule has 1 aromatic carbocycles. The Morgan fingerprint density at radius 3 is 2.53 bits per heavy atom. The van der Waals surface area contributed by atoms with Gasteiger partial charge in [-0.25, -0.2) is 4.79 Å². The molecule has 1 saturated carbocycles. The van der Waals surface area contributed by atoms with Crippen molar-refractivity contribution in [2.75, 3.05) is 0 Å². The van der Waals surface area contributed by atoms with E-state index in [0.717, 1.165) is 36.8 Å². The van der Waals surface area contributed by atoms with Crippen molar-refractivity contribution in [3.8, 4) is 0 Å². The van der Waals surface area contributed by atoms with Crippen LogP contribution in [0.3, 0.4) is 0 Å². The molecule has 1 aliphatic carbocycles. The number of carbonyl (C=O) groups excluding carboxylic acids is 2. The zero-order valence-corrected chi connectivity index (χ0v) is 18.0. The fourth-order valence-electron chi connectivity index (χ4n) is 4.77. The average Bonchev–Trinajstić information content (AvgIpc) is 2.96. The highest BCUT2D eigenvalue weighted by Crippen LogP contribution is 2.36. The number of primary amides is 1. The molecule has 5 N–H and O–H groups in total. The quantitative estimate of drug-likeness (QED) is 0.496. The molecule has 0 spiro atoms. The molecule has 3 amide bonds. The van der Waals surface area contributed by atoms with Gasteiger partial charge in [0, 0.05) is 6.54 Å². The number of unbranched alkanes of at least 4 members (excludes halogenated alkanes) is 1. The van der Waals surface area contributed by atoms with E-state index in [9.17, 15) is 9.59 Å². The van der Waals surface area contributed by atoms with Crippen LogP contribution in [0.1, 0.15) is 75.8 Å². The average molecular weight is 414 g/mol. The highest BCUT2D eigenvalue weighted by atomic mass is 16.2. The molecule has 1 aliphatic heterocycles. The Balaban J connectivity index is 1.69. The van der Waals surface area contributed by atoms with Crippen LogP contribution in [-0.4, -0.2) is 28.3 Å². The van der Waals surface area contributed by atoms with Crippen molar-refractivity contribution < 1.29 is 9.59 Å². The third kappa shape index (κ3) is 5.32. The lowest BCUT2D eigenvalue weighted by molar-refractivity contribution is -0.132. The Morgan fingerprint density at radius 1 is 1.23 bits per heavy atom. The first-order valence-electron chi connectivity index (χ1n) is 11.2.